The molecule has 10 heteroatoms. The van der Waals surface area contributed by atoms with Gasteiger partial charge in [-0.05, 0) is 38.1 Å². The monoisotopic (exact) mass is 447 g/mol. The third-order valence-corrected chi connectivity index (χ3v) is 7.13. The molecule has 0 radical (unpaired) electrons. The molecule has 2 amide bonds. The molecule has 158 valence electrons. The van der Waals surface area contributed by atoms with E-state index in [9.17, 15) is 18.0 Å². The molecule has 2 N–H and O–H groups in total. The second-order valence-corrected chi connectivity index (χ2v) is 9.75. The Morgan fingerprint density at radius 1 is 1.10 bits per heavy atom. The largest absolute Gasteiger partial charge is 0.492 e. The molecule has 3 aromatic rings. The molecule has 1 heterocycles. The van der Waals surface area contributed by atoms with E-state index in [0.29, 0.717) is 28.7 Å². The molecule has 0 aliphatic rings. The summed E-state index contributed by atoms with van der Waals surface area (Å²) in [6.07, 6.45) is 0. The number of nitrogens with zero attached hydrogens (tertiary/aromatic N) is 1. The summed E-state index contributed by atoms with van der Waals surface area (Å²) in [6.45, 7) is 3.45. The van der Waals surface area contributed by atoms with E-state index >= 15 is 0 Å². The van der Waals surface area contributed by atoms with Gasteiger partial charge in [-0.3, -0.25) is 9.59 Å². The van der Waals surface area contributed by atoms with Gasteiger partial charge in [0.15, 0.2) is 15.0 Å². The average molecular weight is 448 g/mol. The van der Waals surface area contributed by atoms with Gasteiger partial charge in [-0.2, -0.15) is 0 Å². The number of aromatic nitrogens is 1. The third kappa shape index (κ3) is 5.14. The molecule has 0 aliphatic carbocycles. The van der Waals surface area contributed by atoms with Crippen molar-refractivity contribution in [3.05, 3.63) is 48.5 Å². The smallest absolute Gasteiger partial charge is 0.244 e. The van der Waals surface area contributed by atoms with Gasteiger partial charge in [-0.25, -0.2) is 13.4 Å². The molecule has 1 unspecified atom stereocenters. The maximum absolute atomic E-state index is 12.6. The van der Waals surface area contributed by atoms with Gasteiger partial charge in [0.05, 0.1) is 22.5 Å². The van der Waals surface area contributed by atoms with Crippen molar-refractivity contribution in [3.63, 3.8) is 0 Å². The van der Waals surface area contributed by atoms with E-state index in [1.54, 1.807) is 37.3 Å². The zero-order valence-electron chi connectivity index (χ0n) is 16.4. The van der Waals surface area contributed by atoms with E-state index in [4.69, 9.17) is 4.74 Å². The molecule has 1 aromatic heterocycles. The van der Waals surface area contributed by atoms with E-state index in [0.717, 1.165) is 4.70 Å². The van der Waals surface area contributed by atoms with Crippen LogP contribution in [0, 0.1) is 0 Å². The number of nitrogens with one attached hydrogen (secondary N) is 2. The van der Waals surface area contributed by atoms with E-state index in [1.165, 1.54) is 18.3 Å². The Labute approximate surface area is 178 Å². The Balaban J connectivity index is 1.65. The third-order valence-electron chi connectivity index (χ3n) is 4.23. The van der Waals surface area contributed by atoms with Crippen LogP contribution in [0.25, 0.3) is 10.2 Å². The van der Waals surface area contributed by atoms with Crippen molar-refractivity contribution >= 4 is 54.0 Å². The van der Waals surface area contributed by atoms with Crippen LogP contribution in [0.1, 0.15) is 13.8 Å². The number of para-hydroxylation sites is 3. The summed E-state index contributed by atoms with van der Waals surface area (Å²) in [4.78, 5) is 29.0. The molecular formula is C20H21N3O5S2. The molecule has 3 rings (SSSR count). The van der Waals surface area contributed by atoms with E-state index in [1.807, 2.05) is 18.2 Å². The number of hydrogen-bond donors (Lipinski definition) is 2. The Bertz CT molecular complexity index is 1140. The number of carbonyl (C=O) groups is 2. The van der Waals surface area contributed by atoms with Crippen molar-refractivity contribution in [1.29, 1.82) is 0 Å². The van der Waals surface area contributed by atoms with Crippen molar-refractivity contribution in [3.8, 4) is 5.75 Å². The zero-order valence-corrected chi connectivity index (χ0v) is 18.0. The van der Waals surface area contributed by atoms with Crippen molar-refractivity contribution < 1.29 is 22.7 Å². The Hall–Kier alpha value is -2.98. The Morgan fingerprint density at radius 3 is 2.53 bits per heavy atom. The molecule has 8 nitrogen and oxygen atoms in total. The van der Waals surface area contributed by atoms with E-state index in [-0.39, 0.29) is 0 Å². The van der Waals surface area contributed by atoms with Crippen molar-refractivity contribution in [2.24, 2.45) is 0 Å². The number of thiazole rings is 1. The number of sulfone groups is 1. The van der Waals surface area contributed by atoms with Crippen LogP contribution in [0.2, 0.25) is 0 Å². The Morgan fingerprint density at radius 2 is 1.80 bits per heavy atom. The van der Waals surface area contributed by atoms with Crippen LogP contribution in [-0.4, -0.2) is 42.8 Å². The number of rotatable bonds is 8. The minimum atomic E-state index is -4.04. The summed E-state index contributed by atoms with van der Waals surface area (Å²) in [5, 5.41) is 3.94. The quantitative estimate of drug-likeness (QED) is 0.548. The maximum Gasteiger partial charge on any atom is 0.244 e. The number of anilines is 2. The minimum absolute atomic E-state index is 0.304. The molecule has 2 aromatic carbocycles. The first-order valence-electron chi connectivity index (χ1n) is 9.20. The highest BCUT2D eigenvalue weighted by Gasteiger charge is 2.31. The maximum atomic E-state index is 12.6. The normalized spacial score (nSPS) is 12.3. The molecule has 0 saturated carbocycles. The highest BCUT2D eigenvalue weighted by Crippen LogP contribution is 2.26. The predicted molar refractivity (Wildman–Crippen MR) is 118 cm³/mol. The lowest BCUT2D eigenvalue weighted by Gasteiger charge is -2.14. The number of ether oxygens (including phenoxy) is 1. The molecule has 0 fully saturated rings. The molecule has 1 atom stereocenters. The van der Waals surface area contributed by atoms with Crippen molar-refractivity contribution in [2.45, 2.75) is 19.1 Å². The van der Waals surface area contributed by atoms with Gasteiger partial charge in [0.25, 0.3) is 0 Å². The fourth-order valence-corrected chi connectivity index (χ4v) is 4.58. The fraction of sp³-hybridized carbons (Fsp3) is 0.250. The van der Waals surface area contributed by atoms with Gasteiger partial charge in [0.2, 0.25) is 11.8 Å². The summed E-state index contributed by atoms with van der Waals surface area (Å²) < 4.78 is 31.4. The standard InChI is InChI=1S/C20H21N3O5S2/c1-3-28-16-10-6-4-8-14(16)21-18(24)12-30(26,27)13(2)19(25)23-20-22-15-9-5-7-11-17(15)29-20/h4-11,13H,3,12H2,1-2H3,(H,21,24)(H,22,23,25). The van der Waals surface area contributed by atoms with Crippen molar-refractivity contribution in [1.82, 2.24) is 4.98 Å². The molecule has 0 saturated heterocycles. The first-order valence-corrected chi connectivity index (χ1v) is 11.7. The summed E-state index contributed by atoms with van der Waals surface area (Å²) >= 11 is 1.24. The van der Waals surface area contributed by atoms with Crippen LogP contribution < -0.4 is 15.4 Å². The van der Waals surface area contributed by atoms with Gasteiger partial charge < -0.3 is 15.4 Å². The van der Waals surface area contributed by atoms with Gasteiger partial charge in [0.1, 0.15) is 16.8 Å². The average Bonchev–Trinajstić information content (AvgIpc) is 3.10. The van der Waals surface area contributed by atoms with Gasteiger partial charge in [-0.1, -0.05) is 35.6 Å². The summed E-state index contributed by atoms with van der Waals surface area (Å²) in [5.74, 6) is -1.88. The highest BCUT2D eigenvalue weighted by atomic mass is 32.2. The molecule has 0 spiro atoms. The van der Waals surface area contributed by atoms with Crippen LogP contribution in [-0.2, 0) is 19.4 Å². The van der Waals surface area contributed by atoms with Crippen LogP contribution in [0.3, 0.4) is 0 Å². The SMILES string of the molecule is CCOc1ccccc1NC(=O)CS(=O)(=O)C(C)C(=O)Nc1nc2ccccc2s1. The van der Waals surface area contributed by atoms with E-state index in [2.05, 4.69) is 15.6 Å². The van der Waals surface area contributed by atoms with Gasteiger partial charge >= 0.3 is 0 Å². The molecular weight excluding hydrogens is 426 g/mol. The van der Waals surface area contributed by atoms with Crippen LogP contribution in [0.4, 0.5) is 10.8 Å². The number of carbonyl (C=O) groups excluding carboxylic acids is 2. The van der Waals surface area contributed by atoms with Crippen LogP contribution in [0.15, 0.2) is 48.5 Å². The second-order valence-electron chi connectivity index (χ2n) is 6.40. The lowest BCUT2D eigenvalue weighted by molar-refractivity contribution is -0.115. The number of hydrogen-bond acceptors (Lipinski definition) is 7. The topological polar surface area (TPSA) is 114 Å². The van der Waals surface area contributed by atoms with E-state index < -0.39 is 32.7 Å². The number of amides is 2. The number of benzene rings is 2. The van der Waals surface area contributed by atoms with Crippen LogP contribution >= 0.6 is 11.3 Å². The Kier molecular flexibility index (Phi) is 6.68. The van der Waals surface area contributed by atoms with Gasteiger partial charge in [-0.15, -0.1) is 0 Å². The first-order chi connectivity index (χ1) is 14.3. The minimum Gasteiger partial charge on any atom is -0.492 e. The summed E-state index contributed by atoms with van der Waals surface area (Å²) in [5.41, 5.74) is 1.08. The summed E-state index contributed by atoms with van der Waals surface area (Å²) in [6, 6.07) is 14.0. The molecule has 0 bridgehead atoms. The first kappa shape index (κ1) is 21.7. The number of fused-ring (bicyclic) bond motifs is 1. The highest BCUT2D eigenvalue weighted by molar-refractivity contribution is 7.93. The van der Waals surface area contributed by atoms with Crippen LogP contribution in [0.5, 0.6) is 5.75 Å². The predicted octanol–water partition coefficient (Wildman–Crippen LogP) is 3.08. The second kappa shape index (κ2) is 9.23. The molecule has 30 heavy (non-hydrogen) atoms. The lowest BCUT2D eigenvalue weighted by atomic mass is 10.3. The van der Waals surface area contributed by atoms with Gasteiger partial charge in [0, 0.05) is 0 Å². The van der Waals surface area contributed by atoms with Crippen molar-refractivity contribution in [2.75, 3.05) is 23.0 Å². The summed E-state index contributed by atoms with van der Waals surface area (Å²) in [7, 11) is -4.04. The molecule has 0 aliphatic heterocycles. The fourth-order valence-electron chi connectivity index (χ4n) is 2.64. The lowest BCUT2D eigenvalue weighted by Crippen LogP contribution is -2.37. The zero-order chi connectivity index (χ0) is 21.7.